The molecule has 2 heterocycles. The van der Waals surface area contributed by atoms with Crippen molar-refractivity contribution in [3.63, 3.8) is 0 Å². The van der Waals surface area contributed by atoms with E-state index in [0.717, 1.165) is 12.8 Å². The van der Waals surface area contributed by atoms with Gasteiger partial charge in [0.2, 0.25) is 0 Å². The molecule has 1 aromatic rings. The van der Waals surface area contributed by atoms with Crippen LogP contribution in [0.1, 0.15) is 44.9 Å². The number of aromatic nitrogens is 2. The van der Waals surface area contributed by atoms with E-state index in [0.29, 0.717) is 12.5 Å². The maximum Gasteiger partial charge on any atom is 0.260 e. The van der Waals surface area contributed by atoms with E-state index >= 15 is 0 Å². The highest BCUT2D eigenvalue weighted by Crippen LogP contribution is 2.36. The first-order valence-corrected chi connectivity index (χ1v) is 8.65. The van der Waals surface area contributed by atoms with Crippen molar-refractivity contribution in [2.75, 3.05) is 6.54 Å². The molecule has 5 nitrogen and oxygen atoms in total. The average molecular weight is 283 g/mol. The van der Waals surface area contributed by atoms with Gasteiger partial charge in [-0.05, 0) is 37.7 Å². The van der Waals surface area contributed by atoms with Crippen molar-refractivity contribution in [3.05, 3.63) is 12.3 Å². The number of sulfonamides is 1. The molecular weight excluding hydrogens is 262 g/mol. The molecule has 1 aliphatic carbocycles. The first-order chi connectivity index (χ1) is 9.19. The van der Waals surface area contributed by atoms with E-state index in [-0.39, 0.29) is 11.1 Å². The van der Waals surface area contributed by atoms with Gasteiger partial charge in [-0.3, -0.25) is 5.10 Å². The molecule has 0 bridgehead atoms. The van der Waals surface area contributed by atoms with E-state index in [4.69, 9.17) is 0 Å². The molecule has 0 amide bonds. The van der Waals surface area contributed by atoms with Crippen molar-refractivity contribution < 1.29 is 8.42 Å². The van der Waals surface area contributed by atoms with Crippen LogP contribution in [0.15, 0.2) is 17.3 Å². The summed E-state index contributed by atoms with van der Waals surface area (Å²) in [5.74, 6) is 0.550. The summed E-state index contributed by atoms with van der Waals surface area (Å²) in [5.41, 5.74) is 0. The maximum atomic E-state index is 12.6. The van der Waals surface area contributed by atoms with Crippen LogP contribution >= 0.6 is 0 Å². The zero-order chi connectivity index (χ0) is 13.3. The third-order valence-electron chi connectivity index (χ3n) is 4.50. The fourth-order valence-electron chi connectivity index (χ4n) is 3.57. The number of H-pyrrole nitrogens is 1. The van der Waals surface area contributed by atoms with E-state index in [2.05, 4.69) is 10.2 Å². The van der Waals surface area contributed by atoms with E-state index in [9.17, 15) is 8.42 Å². The van der Waals surface area contributed by atoms with Crippen molar-refractivity contribution in [1.82, 2.24) is 14.5 Å². The fourth-order valence-corrected chi connectivity index (χ4v) is 5.22. The van der Waals surface area contributed by atoms with Crippen molar-refractivity contribution >= 4 is 10.0 Å². The van der Waals surface area contributed by atoms with Crippen LogP contribution in [-0.2, 0) is 10.0 Å². The second kappa shape index (κ2) is 5.25. The first kappa shape index (κ1) is 13.1. The second-order valence-corrected chi connectivity index (χ2v) is 7.50. The number of hydrogen-bond donors (Lipinski definition) is 1. The molecule has 1 N–H and O–H groups in total. The van der Waals surface area contributed by atoms with Crippen LogP contribution in [0, 0.1) is 5.92 Å². The van der Waals surface area contributed by atoms with Crippen molar-refractivity contribution in [3.8, 4) is 0 Å². The number of nitrogens with one attached hydrogen (secondary N) is 1. The number of rotatable bonds is 3. The van der Waals surface area contributed by atoms with Gasteiger partial charge in [-0.15, -0.1) is 0 Å². The van der Waals surface area contributed by atoms with Crippen LogP contribution in [0.2, 0.25) is 0 Å². The molecule has 6 heteroatoms. The van der Waals surface area contributed by atoms with Crippen LogP contribution < -0.4 is 0 Å². The minimum absolute atomic E-state index is 0.202. The van der Waals surface area contributed by atoms with Crippen LogP contribution in [0.5, 0.6) is 0 Å². The van der Waals surface area contributed by atoms with E-state index in [1.807, 2.05) is 0 Å². The number of hydrogen-bond acceptors (Lipinski definition) is 3. The fraction of sp³-hybridized carbons (Fsp3) is 0.769. The van der Waals surface area contributed by atoms with Gasteiger partial charge >= 0.3 is 0 Å². The number of nitrogens with zero attached hydrogens (tertiary/aromatic N) is 2. The smallest absolute Gasteiger partial charge is 0.260 e. The summed E-state index contributed by atoms with van der Waals surface area (Å²) in [7, 11) is -3.38. The monoisotopic (exact) mass is 283 g/mol. The molecule has 3 rings (SSSR count). The van der Waals surface area contributed by atoms with Crippen LogP contribution in [-0.4, -0.2) is 35.5 Å². The molecule has 2 fully saturated rings. The molecule has 1 aliphatic heterocycles. The van der Waals surface area contributed by atoms with Gasteiger partial charge in [0.15, 0.2) is 5.03 Å². The van der Waals surface area contributed by atoms with Crippen molar-refractivity contribution in [2.45, 2.75) is 56.0 Å². The molecule has 0 radical (unpaired) electrons. The molecule has 19 heavy (non-hydrogen) atoms. The number of aromatic amines is 1. The Morgan fingerprint density at radius 1 is 1.16 bits per heavy atom. The van der Waals surface area contributed by atoms with Crippen LogP contribution in [0.4, 0.5) is 0 Å². The van der Waals surface area contributed by atoms with Gasteiger partial charge in [-0.1, -0.05) is 19.3 Å². The highest BCUT2D eigenvalue weighted by atomic mass is 32.2. The minimum Gasteiger partial charge on any atom is -0.266 e. The van der Waals surface area contributed by atoms with Gasteiger partial charge in [0.25, 0.3) is 10.0 Å². The predicted molar refractivity (Wildman–Crippen MR) is 72.1 cm³/mol. The van der Waals surface area contributed by atoms with Gasteiger partial charge in [0, 0.05) is 12.6 Å². The Kier molecular flexibility index (Phi) is 3.62. The Bertz CT molecular complexity index is 506. The Hall–Kier alpha value is -0.880. The molecule has 0 aromatic carbocycles. The van der Waals surface area contributed by atoms with Crippen LogP contribution in [0.25, 0.3) is 0 Å². The minimum atomic E-state index is -3.38. The second-order valence-electron chi connectivity index (χ2n) is 5.64. The predicted octanol–water partition coefficient (Wildman–Crippen LogP) is 2.14. The van der Waals surface area contributed by atoms with Crippen molar-refractivity contribution in [1.29, 1.82) is 0 Å². The Morgan fingerprint density at radius 3 is 2.63 bits per heavy atom. The lowest BCUT2D eigenvalue weighted by Gasteiger charge is -2.33. The molecule has 106 valence electrons. The normalized spacial score (nSPS) is 26.8. The van der Waals surface area contributed by atoms with Gasteiger partial charge in [-0.25, -0.2) is 8.42 Å². The summed E-state index contributed by atoms with van der Waals surface area (Å²) in [6.45, 7) is 0.655. The third kappa shape index (κ3) is 2.43. The zero-order valence-corrected chi connectivity index (χ0v) is 11.9. The molecule has 2 aliphatic rings. The molecule has 1 atom stereocenters. The Balaban J connectivity index is 1.83. The lowest BCUT2D eigenvalue weighted by molar-refractivity contribution is 0.226. The van der Waals surface area contributed by atoms with Crippen molar-refractivity contribution in [2.24, 2.45) is 5.92 Å². The average Bonchev–Trinajstić information content (AvgIpc) is 3.11. The molecule has 1 saturated carbocycles. The van der Waals surface area contributed by atoms with Gasteiger partial charge < -0.3 is 0 Å². The third-order valence-corrected chi connectivity index (χ3v) is 6.36. The lowest BCUT2D eigenvalue weighted by atomic mass is 9.83. The van der Waals surface area contributed by atoms with Gasteiger partial charge in [0.05, 0.1) is 6.20 Å². The quantitative estimate of drug-likeness (QED) is 0.924. The summed E-state index contributed by atoms with van der Waals surface area (Å²) in [6, 6.07) is 1.75. The van der Waals surface area contributed by atoms with E-state index in [1.54, 1.807) is 10.4 Å². The van der Waals surface area contributed by atoms with Gasteiger partial charge in [-0.2, -0.15) is 9.40 Å². The molecule has 1 aromatic heterocycles. The summed E-state index contributed by atoms with van der Waals surface area (Å²) in [6.07, 6.45) is 9.65. The Labute approximate surface area is 114 Å². The summed E-state index contributed by atoms with van der Waals surface area (Å²) in [4.78, 5) is 0. The highest BCUT2D eigenvalue weighted by molar-refractivity contribution is 7.89. The molecule has 1 unspecified atom stereocenters. The van der Waals surface area contributed by atoms with Crippen LogP contribution in [0.3, 0.4) is 0 Å². The topological polar surface area (TPSA) is 66.1 Å². The highest BCUT2D eigenvalue weighted by Gasteiger charge is 2.40. The first-order valence-electron chi connectivity index (χ1n) is 7.21. The molecule has 0 spiro atoms. The van der Waals surface area contributed by atoms with E-state index < -0.39 is 10.0 Å². The molecule has 1 saturated heterocycles. The lowest BCUT2D eigenvalue weighted by Crippen LogP contribution is -2.40. The summed E-state index contributed by atoms with van der Waals surface area (Å²) < 4.78 is 26.9. The zero-order valence-electron chi connectivity index (χ0n) is 11.1. The Morgan fingerprint density at radius 2 is 1.95 bits per heavy atom. The SMILES string of the molecule is O=S(=O)(c1ccn[nH]1)N1CCCC1C1CCCCC1. The summed E-state index contributed by atoms with van der Waals surface area (Å²) >= 11 is 0. The standard InChI is InChI=1S/C13H21N3O2S/c17-19(18,13-8-9-14-15-13)16-10-4-7-12(16)11-5-2-1-3-6-11/h8-9,11-12H,1-7,10H2,(H,14,15). The largest absolute Gasteiger partial charge is 0.266 e. The molecular formula is C13H21N3O2S. The van der Waals surface area contributed by atoms with Gasteiger partial charge in [0.1, 0.15) is 0 Å². The van der Waals surface area contributed by atoms with E-state index in [1.165, 1.54) is 38.3 Å². The maximum absolute atomic E-state index is 12.6. The summed E-state index contributed by atoms with van der Waals surface area (Å²) in [5, 5.41) is 6.60.